The summed E-state index contributed by atoms with van der Waals surface area (Å²) in [6.07, 6.45) is 0. The van der Waals surface area contributed by atoms with Gasteiger partial charge in [-0.3, -0.25) is 0 Å². The van der Waals surface area contributed by atoms with Gasteiger partial charge in [-0.25, -0.2) is 4.79 Å². The molecule has 19 heavy (non-hydrogen) atoms. The molecule has 0 amide bonds. The number of furan rings is 1. The summed E-state index contributed by atoms with van der Waals surface area (Å²) in [5.74, 6) is 0.502. The standard InChI is InChI=1S/C14H14INO3/c1-2-18-14(17)11-5-3-4-6-12(11)16-9-10-7-8-13(15)19-10/h3-8,16H,2,9H2,1H3. The van der Waals surface area contributed by atoms with Crippen LogP contribution in [-0.2, 0) is 11.3 Å². The molecule has 0 aliphatic carbocycles. The lowest BCUT2D eigenvalue weighted by molar-refractivity contribution is 0.0527. The minimum atomic E-state index is -0.320. The van der Waals surface area contributed by atoms with Gasteiger partial charge in [-0.05, 0) is 53.8 Å². The fraction of sp³-hybridized carbons (Fsp3) is 0.214. The van der Waals surface area contributed by atoms with E-state index in [1.807, 2.05) is 30.3 Å². The van der Waals surface area contributed by atoms with Crippen LogP contribution < -0.4 is 5.32 Å². The minimum absolute atomic E-state index is 0.320. The lowest BCUT2D eigenvalue weighted by Gasteiger charge is -2.10. The summed E-state index contributed by atoms with van der Waals surface area (Å²) in [6, 6.07) is 11.1. The van der Waals surface area contributed by atoms with E-state index in [0.29, 0.717) is 18.7 Å². The quantitative estimate of drug-likeness (QED) is 0.644. The van der Waals surface area contributed by atoms with Crippen LogP contribution in [-0.4, -0.2) is 12.6 Å². The van der Waals surface area contributed by atoms with Crippen LogP contribution in [0.4, 0.5) is 5.69 Å². The Bertz CT molecular complexity index is 565. The van der Waals surface area contributed by atoms with Crippen LogP contribution in [0, 0.1) is 3.77 Å². The maximum absolute atomic E-state index is 11.8. The van der Waals surface area contributed by atoms with Crippen molar-refractivity contribution in [3.05, 3.63) is 51.5 Å². The van der Waals surface area contributed by atoms with Crippen LogP contribution in [0.5, 0.6) is 0 Å². The highest BCUT2D eigenvalue weighted by Crippen LogP contribution is 2.18. The average molecular weight is 371 g/mol. The van der Waals surface area contributed by atoms with Gasteiger partial charge < -0.3 is 14.5 Å². The molecular weight excluding hydrogens is 357 g/mol. The number of carbonyl (C=O) groups is 1. The van der Waals surface area contributed by atoms with Crippen LogP contribution >= 0.6 is 22.6 Å². The molecule has 0 unspecified atom stereocenters. The van der Waals surface area contributed by atoms with Crippen molar-refractivity contribution in [2.45, 2.75) is 13.5 Å². The fourth-order valence-corrected chi connectivity index (χ4v) is 2.12. The van der Waals surface area contributed by atoms with Gasteiger partial charge in [0.05, 0.1) is 18.7 Å². The van der Waals surface area contributed by atoms with E-state index in [2.05, 4.69) is 27.9 Å². The Hall–Kier alpha value is -1.50. The molecule has 100 valence electrons. The largest absolute Gasteiger partial charge is 0.462 e. The molecule has 1 aromatic heterocycles. The van der Waals surface area contributed by atoms with Gasteiger partial charge in [0.15, 0.2) is 3.77 Å². The molecule has 0 radical (unpaired) electrons. The molecule has 0 saturated carbocycles. The Morgan fingerprint density at radius 2 is 2.11 bits per heavy atom. The Morgan fingerprint density at radius 3 is 2.79 bits per heavy atom. The van der Waals surface area contributed by atoms with Crippen molar-refractivity contribution < 1.29 is 13.9 Å². The molecule has 4 nitrogen and oxygen atoms in total. The highest BCUT2D eigenvalue weighted by atomic mass is 127. The highest BCUT2D eigenvalue weighted by molar-refractivity contribution is 14.1. The van der Waals surface area contributed by atoms with Gasteiger partial charge in [0.25, 0.3) is 0 Å². The van der Waals surface area contributed by atoms with Gasteiger partial charge in [-0.2, -0.15) is 0 Å². The second kappa shape index (κ2) is 6.60. The van der Waals surface area contributed by atoms with E-state index in [1.54, 1.807) is 13.0 Å². The fourth-order valence-electron chi connectivity index (χ4n) is 1.65. The van der Waals surface area contributed by atoms with Crippen molar-refractivity contribution >= 4 is 34.2 Å². The van der Waals surface area contributed by atoms with E-state index in [0.717, 1.165) is 15.2 Å². The SMILES string of the molecule is CCOC(=O)c1ccccc1NCc1ccc(I)o1. The van der Waals surface area contributed by atoms with E-state index in [-0.39, 0.29) is 5.97 Å². The van der Waals surface area contributed by atoms with Gasteiger partial charge in [-0.15, -0.1) is 0 Å². The molecule has 0 spiro atoms. The van der Waals surface area contributed by atoms with Gasteiger partial charge in [0.1, 0.15) is 5.76 Å². The Kier molecular flexibility index (Phi) is 4.84. The molecule has 0 saturated heterocycles. The van der Waals surface area contributed by atoms with Crippen LogP contribution in [0.25, 0.3) is 0 Å². The summed E-state index contributed by atoms with van der Waals surface area (Å²) in [5, 5.41) is 3.18. The first-order valence-electron chi connectivity index (χ1n) is 5.95. The number of para-hydroxylation sites is 1. The minimum Gasteiger partial charge on any atom is -0.462 e. The van der Waals surface area contributed by atoms with Gasteiger partial charge in [0.2, 0.25) is 0 Å². The van der Waals surface area contributed by atoms with E-state index in [9.17, 15) is 4.79 Å². The van der Waals surface area contributed by atoms with Gasteiger partial charge in [0, 0.05) is 5.69 Å². The Morgan fingerprint density at radius 1 is 1.32 bits per heavy atom. The first kappa shape index (κ1) is 13.9. The number of rotatable bonds is 5. The summed E-state index contributed by atoms with van der Waals surface area (Å²) < 4.78 is 11.3. The lowest BCUT2D eigenvalue weighted by atomic mass is 10.2. The van der Waals surface area contributed by atoms with E-state index >= 15 is 0 Å². The number of ether oxygens (including phenoxy) is 1. The molecule has 0 atom stereocenters. The predicted molar refractivity (Wildman–Crippen MR) is 81.2 cm³/mol. The molecule has 2 rings (SSSR count). The van der Waals surface area contributed by atoms with Crippen molar-refractivity contribution in [2.24, 2.45) is 0 Å². The summed E-state index contributed by atoms with van der Waals surface area (Å²) in [4.78, 5) is 11.8. The van der Waals surface area contributed by atoms with Crippen molar-refractivity contribution in [1.29, 1.82) is 0 Å². The zero-order valence-corrected chi connectivity index (χ0v) is 12.6. The van der Waals surface area contributed by atoms with Crippen molar-refractivity contribution in [1.82, 2.24) is 0 Å². The first-order chi connectivity index (χ1) is 9.20. The summed E-state index contributed by atoms with van der Waals surface area (Å²) in [7, 11) is 0. The second-order valence-corrected chi connectivity index (χ2v) is 4.89. The number of halogens is 1. The molecule has 1 heterocycles. The number of anilines is 1. The smallest absolute Gasteiger partial charge is 0.340 e. The van der Waals surface area contributed by atoms with Gasteiger partial charge >= 0.3 is 5.97 Å². The maximum atomic E-state index is 11.8. The number of esters is 1. The van der Waals surface area contributed by atoms with Crippen LogP contribution in [0.2, 0.25) is 0 Å². The lowest BCUT2D eigenvalue weighted by Crippen LogP contribution is -2.09. The molecule has 2 aromatic rings. The van der Waals surface area contributed by atoms with Crippen LogP contribution in [0.1, 0.15) is 23.0 Å². The Labute approximate surface area is 125 Å². The molecule has 1 aromatic carbocycles. The summed E-state index contributed by atoms with van der Waals surface area (Å²) in [6.45, 7) is 2.68. The maximum Gasteiger partial charge on any atom is 0.340 e. The molecule has 0 fully saturated rings. The molecule has 1 N–H and O–H groups in total. The summed E-state index contributed by atoms with van der Waals surface area (Å²) >= 11 is 2.11. The van der Waals surface area contributed by atoms with Crippen molar-refractivity contribution in [3.8, 4) is 0 Å². The topological polar surface area (TPSA) is 51.5 Å². The monoisotopic (exact) mass is 371 g/mol. The zero-order valence-electron chi connectivity index (χ0n) is 10.5. The number of hydrogen-bond acceptors (Lipinski definition) is 4. The third-order valence-electron chi connectivity index (χ3n) is 2.50. The molecular formula is C14H14INO3. The number of benzene rings is 1. The third-order valence-corrected chi connectivity index (χ3v) is 3.08. The second-order valence-electron chi connectivity index (χ2n) is 3.83. The highest BCUT2D eigenvalue weighted by Gasteiger charge is 2.11. The molecule has 0 bridgehead atoms. The first-order valence-corrected chi connectivity index (χ1v) is 7.03. The average Bonchev–Trinajstić information content (AvgIpc) is 2.83. The van der Waals surface area contributed by atoms with Crippen LogP contribution in [0.3, 0.4) is 0 Å². The number of hydrogen-bond donors (Lipinski definition) is 1. The number of nitrogens with one attached hydrogen (secondary N) is 1. The van der Waals surface area contributed by atoms with E-state index < -0.39 is 0 Å². The molecule has 5 heteroatoms. The Balaban J connectivity index is 2.09. The zero-order chi connectivity index (χ0) is 13.7. The van der Waals surface area contributed by atoms with Gasteiger partial charge in [-0.1, -0.05) is 12.1 Å². The molecule has 0 aliphatic rings. The van der Waals surface area contributed by atoms with Crippen LogP contribution in [0.15, 0.2) is 40.8 Å². The number of carbonyl (C=O) groups excluding carboxylic acids is 1. The molecule has 0 aliphatic heterocycles. The normalized spacial score (nSPS) is 10.2. The van der Waals surface area contributed by atoms with E-state index in [1.165, 1.54) is 0 Å². The summed E-state index contributed by atoms with van der Waals surface area (Å²) in [5.41, 5.74) is 1.28. The van der Waals surface area contributed by atoms with Crippen molar-refractivity contribution in [3.63, 3.8) is 0 Å². The predicted octanol–water partition coefficient (Wildman–Crippen LogP) is 3.67. The van der Waals surface area contributed by atoms with E-state index in [4.69, 9.17) is 9.15 Å². The third kappa shape index (κ3) is 3.73. The van der Waals surface area contributed by atoms with Crippen molar-refractivity contribution in [2.75, 3.05) is 11.9 Å².